The molecule has 0 amide bonds. The zero-order valence-corrected chi connectivity index (χ0v) is 13.5. The van der Waals surface area contributed by atoms with Gasteiger partial charge in [-0.25, -0.2) is 9.97 Å². The Hall–Kier alpha value is -1.86. The Kier molecular flexibility index (Phi) is 3.82. The predicted molar refractivity (Wildman–Crippen MR) is 83.8 cm³/mol. The summed E-state index contributed by atoms with van der Waals surface area (Å²) in [5.74, 6) is 0.837. The highest BCUT2D eigenvalue weighted by Gasteiger charge is 2.42. The van der Waals surface area contributed by atoms with Crippen LogP contribution in [-0.2, 0) is 23.3 Å². The summed E-state index contributed by atoms with van der Waals surface area (Å²) in [5.41, 5.74) is 2.20. The summed E-state index contributed by atoms with van der Waals surface area (Å²) in [6.45, 7) is 6.74. The molecule has 2 aliphatic rings. The van der Waals surface area contributed by atoms with E-state index >= 15 is 0 Å². The molecule has 2 aliphatic heterocycles. The number of nitrogens with zero attached hydrogens (tertiary/aromatic N) is 6. The van der Waals surface area contributed by atoms with Gasteiger partial charge in [-0.15, -0.1) is 10.2 Å². The fraction of sp³-hybridized carbons (Fsp3) is 0.625. The van der Waals surface area contributed by atoms with E-state index in [0.29, 0.717) is 0 Å². The molecule has 0 unspecified atom stereocenters. The number of fused-ring (bicyclic) bond motifs is 2. The molecule has 0 bridgehead atoms. The Balaban J connectivity index is 1.44. The van der Waals surface area contributed by atoms with Crippen molar-refractivity contribution in [1.82, 2.24) is 29.6 Å². The van der Waals surface area contributed by atoms with Crippen molar-refractivity contribution in [1.29, 1.82) is 0 Å². The van der Waals surface area contributed by atoms with Gasteiger partial charge in [0, 0.05) is 32.4 Å². The molecule has 1 spiro atoms. The van der Waals surface area contributed by atoms with Crippen molar-refractivity contribution in [2.75, 3.05) is 26.2 Å². The van der Waals surface area contributed by atoms with Crippen LogP contribution in [0.15, 0.2) is 18.9 Å². The summed E-state index contributed by atoms with van der Waals surface area (Å²) in [5, 5.41) is 7.70. The van der Waals surface area contributed by atoms with E-state index in [-0.39, 0.29) is 5.60 Å². The maximum atomic E-state index is 6.24. The van der Waals surface area contributed by atoms with Gasteiger partial charge in [0.1, 0.15) is 24.1 Å². The first-order valence-electron chi connectivity index (χ1n) is 8.27. The maximum Gasteiger partial charge on any atom is 0.125 e. The Morgan fingerprint density at radius 2 is 1.96 bits per heavy atom. The summed E-state index contributed by atoms with van der Waals surface area (Å²) in [6.07, 6.45) is 8.45. The standard InChI is InChI=1S/C16H22N6O/c1-13-17-10-14-2-9-23-16(15(14)20-13)3-5-21(6-4-16)7-8-22-11-18-19-12-22/h10-12H,2-9H2,1H3. The van der Waals surface area contributed by atoms with Crippen LogP contribution in [0.3, 0.4) is 0 Å². The maximum absolute atomic E-state index is 6.24. The fourth-order valence-corrected chi connectivity index (χ4v) is 3.61. The van der Waals surface area contributed by atoms with Crippen molar-refractivity contribution in [2.45, 2.75) is 38.3 Å². The lowest BCUT2D eigenvalue weighted by atomic mass is 9.83. The minimum atomic E-state index is -0.200. The molecule has 0 aromatic carbocycles. The normalized spacial score (nSPS) is 20.6. The van der Waals surface area contributed by atoms with Crippen LogP contribution in [0, 0.1) is 6.92 Å². The molecule has 1 saturated heterocycles. The number of piperidine rings is 1. The summed E-state index contributed by atoms with van der Waals surface area (Å²) in [7, 11) is 0. The third kappa shape index (κ3) is 2.86. The Labute approximate surface area is 135 Å². The fourth-order valence-electron chi connectivity index (χ4n) is 3.61. The van der Waals surface area contributed by atoms with Gasteiger partial charge in [0.05, 0.1) is 12.3 Å². The van der Waals surface area contributed by atoms with Crippen molar-refractivity contribution < 1.29 is 4.74 Å². The molecule has 2 aromatic rings. The van der Waals surface area contributed by atoms with Gasteiger partial charge in [-0.05, 0) is 31.7 Å². The Morgan fingerprint density at radius 1 is 1.17 bits per heavy atom. The van der Waals surface area contributed by atoms with Gasteiger partial charge >= 0.3 is 0 Å². The van der Waals surface area contributed by atoms with E-state index < -0.39 is 0 Å². The first-order valence-corrected chi connectivity index (χ1v) is 8.27. The van der Waals surface area contributed by atoms with Crippen LogP contribution in [-0.4, -0.2) is 55.9 Å². The molecule has 4 rings (SSSR count). The topological polar surface area (TPSA) is 69.0 Å². The Morgan fingerprint density at radius 3 is 2.74 bits per heavy atom. The van der Waals surface area contributed by atoms with E-state index in [1.165, 1.54) is 5.56 Å². The molecule has 0 atom stereocenters. The molecule has 1 fully saturated rings. The van der Waals surface area contributed by atoms with E-state index in [0.717, 1.165) is 63.6 Å². The third-order valence-corrected chi connectivity index (χ3v) is 4.97. The molecule has 0 radical (unpaired) electrons. The van der Waals surface area contributed by atoms with Crippen molar-refractivity contribution in [2.24, 2.45) is 0 Å². The van der Waals surface area contributed by atoms with Crippen LogP contribution >= 0.6 is 0 Å². The van der Waals surface area contributed by atoms with E-state index in [1.54, 1.807) is 12.7 Å². The van der Waals surface area contributed by atoms with Crippen LogP contribution in [0.4, 0.5) is 0 Å². The van der Waals surface area contributed by atoms with Crippen LogP contribution in [0.2, 0.25) is 0 Å². The van der Waals surface area contributed by atoms with E-state index in [1.807, 2.05) is 17.7 Å². The summed E-state index contributed by atoms with van der Waals surface area (Å²) >= 11 is 0. The summed E-state index contributed by atoms with van der Waals surface area (Å²) in [4.78, 5) is 11.6. The zero-order valence-electron chi connectivity index (χ0n) is 13.5. The molecular weight excluding hydrogens is 292 g/mol. The van der Waals surface area contributed by atoms with Gasteiger partial charge in [0.2, 0.25) is 0 Å². The number of aryl methyl sites for hydroxylation is 1. The lowest BCUT2D eigenvalue weighted by Gasteiger charge is -2.44. The van der Waals surface area contributed by atoms with Gasteiger partial charge in [0.25, 0.3) is 0 Å². The third-order valence-electron chi connectivity index (χ3n) is 4.97. The van der Waals surface area contributed by atoms with Crippen LogP contribution in [0.1, 0.15) is 29.9 Å². The highest BCUT2D eigenvalue weighted by Crippen LogP contribution is 2.40. The van der Waals surface area contributed by atoms with Gasteiger partial charge in [-0.1, -0.05) is 0 Å². The highest BCUT2D eigenvalue weighted by molar-refractivity contribution is 5.27. The molecule has 23 heavy (non-hydrogen) atoms. The largest absolute Gasteiger partial charge is 0.368 e. The smallest absolute Gasteiger partial charge is 0.125 e. The van der Waals surface area contributed by atoms with Crippen molar-refractivity contribution in [3.63, 3.8) is 0 Å². The quantitative estimate of drug-likeness (QED) is 0.840. The first kappa shape index (κ1) is 14.7. The van der Waals surface area contributed by atoms with Crippen LogP contribution in [0.5, 0.6) is 0 Å². The molecule has 0 saturated carbocycles. The van der Waals surface area contributed by atoms with E-state index in [2.05, 4.69) is 20.1 Å². The summed E-state index contributed by atoms with van der Waals surface area (Å²) in [6, 6.07) is 0. The number of aromatic nitrogens is 5. The van der Waals surface area contributed by atoms with Gasteiger partial charge < -0.3 is 14.2 Å². The number of hydrogen-bond donors (Lipinski definition) is 0. The van der Waals surface area contributed by atoms with Crippen molar-refractivity contribution in [3.8, 4) is 0 Å². The average Bonchev–Trinajstić information content (AvgIpc) is 3.09. The average molecular weight is 314 g/mol. The van der Waals surface area contributed by atoms with Gasteiger partial charge in [0.15, 0.2) is 0 Å². The molecule has 122 valence electrons. The van der Waals surface area contributed by atoms with E-state index in [4.69, 9.17) is 9.72 Å². The Bertz CT molecular complexity index is 663. The second-order valence-corrected chi connectivity index (χ2v) is 6.43. The van der Waals surface area contributed by atoms with Gasteiger partial charge in [-0.3, -0.25) is 0 Å². The van der Waals surface area contributed by atoms with Crippen molar-refractivity contribution >= 4 is 0 Å². The number of likely N-dealkylation sites (tertiary alicyclic amines) is 1. The minimum absolute atomic E-state index is 0.200. The second-order valence-electron chi connectivity index (χ2n) is 6.43. The zero-order chi connectivity index (χ0) is 15.7. The van der Waals surface area contributed by atoms with Crippen LogP contribution in [0.25, 0.3) is 0 Å². The van der Waals surface area contributed by atoms with Crippen molar-refractivity contribution in [3.05, 3.63) is 35.9 Å². The van der Waals surface area contributed by atoms with Gasteiger partial charge in [-0.2, -0.15) is 0 Å². The number of ether oxygens (including phenoxy) is 1. The monoisotopic (exact) mass is 314 g/mol. The highest BCUT2D eigenvalue weighted by atomic mass is 16.5. The molecule has 2 aromatic heterocycles. The summed E-state index contributed by atoms with van der Waals surface area (Å²) < 4.78 is 8.27. The molecular formula is C16H22N6O. The molecule has 4 heterocycles. The molecule has 0 N–H and O–H groups in total. The lowest BCUT2D eigenvalue weighted by Crippen LogP contribution is -2.47. The number of hydrogen-bond acceptors (Lipinski definition) is 6. The number of rotatable bonds is 3. The minimum Gasteiger partial charge on any atom is -0.368 e. The second kappa shape index (κ2) is 5.98. The van der Waals surface area contributed by atoms with Crippen LogP contribution < -0.4 is 0 Å². The SMILES string of the molecule is Cc1ncc2c(n1)C1(CCN(CCn3cnnc3)CC1)OCC2. The molecule has 7 nitrogen and oxygen atoms in total. The molecule has 0 aliphatic carbocycles. The molecule has 7 heteroatoms. The van der Waals surface area contributed by atoms with E-state index in [9.17, 15) is 0 Å². The predicted octanol–water partition coefficient (Wildman–Crippen LogP) is 0.941. The first-order chi connectivity index (χ1) is 11.3. The lowest BCUT2D eigenvalue weighted by molar-refractivity contribution is -0.101.